The summed E-state index contributed by atoms with van der Waals surface area (Å²) < 4.78 is 0. The molecule has 3 unspecified atom stereocenters. The number of phenolic OH excluding ortho intramolecular Hbond substituents is 1. The fourth-order valence-electron chi connectivity index (χ4n) is 6.22. The van der Waals surface area contributed by atoms with Crippen LogP contribution in [-0.2, 0) is 25.6 Å². The largest absolute Gasteiger partial charge is 0.508 e. The number of rotatable bonds is 9. The molecule has 4 atom stereocenters. The van der Waals surface area contributed by atoms with Crippen molar-refractivity contribution >= 4 is 34.8 Å². The minimum atomic E-state index is -2.70. The normalized spacial score (nSPS) is 26.0. The molecule has 1 saturated carbocycles. The van der Waals surface area contributed by atoms with Crippen molar-refractivity contribution in [1.82, 2.24) is 10.2 Å². The fraction of sp³-hybridized carbons (Fsp3) is 0.500. The minimum absolute atomic E-state index is 0.00864. The topological polar surface area (TPSA) is 203 Å². The molecule has 0 aromatic heterocycles. The van der Waals surface area contributed by atoms with Crippen molar-refractivity contribution in [3.8, 4) is 5.75 Å². The lowest BCUT2D eigenvalue weighted by molar-refractivity contribution is -0.153. The van der Waals surface area contributed by atoms with Crippen molar-refractivity contribution in [2.75, 3.05) is 32.5 Å². The van der Waals surface area contributed by atoms with E-state index in [4.69, 9.17) is 5.73 Å². The summed E-state index contributed by atoms with van der Waals surface area (Å²) in [6, 6.07) is 1.98. The summed E-state index contributed by atoms with van der Waals surface area (Å²) >= 11 is 0. The van der Waals surface area contributed by atoms with E-state index < -0.39 is 69.7 Å². The van der Waals surface area contributed by atoms with Gasteiger partial charge in [0.25, 0.3) is 5.91 Å². The zero-order valence-corrected chi connectivity index (χ0v) is 22.8. The lowest BCUT2D eigenvalue weighted by Gasteiger charge is -2.50. The van der Waals surface area contributed by atoms with Gasteiger partial charge in [-0.1, -0.05) is 25.8 Å². The predicted octanol–water partition coefficient (Wildman–Crippen LogP) is 0.682. The van der Waals surface area contributed by atoms with Gasteiger partial charge >= 0.3 is 0 Å². The van der Waals surface area contributed by atoms with Crippen LogP contribution in [0.15, 0.2) is 29.0 Å². The first-order valence-electron chi connectivity index (χ1n) is 13.4. The molecular formula is C28H36N4O8. The number of nitrogens with two attached hydrogens (primary N) is 1. The van der Waals surface area contributed by atoms with Crippen LogP contribution in [0.1, 0.15) is 43.7 Å². The summed E-state index contributed by atoms with van der Waals surface area (Å²) in [4.78, 5) is 52.9. The average molecular weight is 557 g/mol. The van der Waals surface area contributed by atoms with Gasteiger partial charge in [-0.15, -0.1) is 0 Å². The Morgan fingerprint density at radius 2 is 1.85 bits per heavy atom. The molecule has 1 aromatic rings. The van der Waals surface area contributed by atoms with Crippen molar-refractivity contribution in [2.24, 2.45) is 17.6 Å². The number of anilines is 1. The zero-order chi connectivity index (χ0) is 29.5. The number of primary amides is 1. The molecule has 0 aliphatic heterocycles. The Morgan fingerprint density at radius 1 is 1.15 bits per heavy atom. The Labute approximate surface area is 231 Å². The number of benzene rings is 1. The van der Waals surface area contributed by atoms with Gasteiger partial charge in [-0.3, -0.25) is 24.1 Å². The number of hydrogen-bond donors (Lipinski definition) is 7. The van der Waals surface area contributed by atoms with Crippen LogP contribution in [0.2, 0.25) is 0 Å². The number of nitrogens with zero attached hydrogens (tertiary/aromatic N) is 1. The number of likely N-dealkylation sites (N-methyl/N-ethyl adjacent to an activating group) is 1. The number of nitrogens with one attached hydrogen (secondary N) is 2. The van der Waals surface area contributed by atoms with Crippen LogP contribution in [0.4, 0.5) is 5.69 Å². The number of hydrogen-bond acceptors (Lipinski definition) is 10. The van der Waals surface area contributed by atoms with E-state index in [0.29, 0.717) is 12.1 Å². The van der Waals surface area contributed by atoms with Crippen LogP contribution in [0.5, 0.6) is 5.75 Å². The third-order valence-corrected chi connectivity index (χ3v) is 8.11. The van der Waals surface area contributed by atoms with E-state index in [1.165, 1.54) is 11.0 Å². The highest BCUT2D eigenvalue weighted by Gasteiger charge is 2.64. The maximum absolute atomic E-state index is 13.9. The van der Waals surface area contributed by atoms with E-state index in [2.05, 4.69) is 17.6 Å². The standard InChI is InChI=1S/C28H36N4O8/c1-4-5-6-9-30-12-17(33)31-16-8-7-13-10-14-11-15-21(32(2)3)24(36)20(27(29)39)26(38)28(15,40)25(37)19(14)23(35)18(13)22(16)34/h7-8,14-15,21,30,34-35,38,40H,4-6,9-12H2,1-3H3,(H2,29,39)(H,31,33)/t14?,15?,21-,28?/m0/s1. The number of phenols is 1. The fourth-order valence-corrected chi connectivity index (χ4v) is 6.22. The van der Waals surface area contributed by atoms with Gasteiger partial charge in [0.1, 0.15) is 22.8 Å². The molecule has 0 radical (unpaired) electrons. The Bertz CT molecular complexity index is 1330. The molecule has 1 aromatic carbocycles. The van der Waals surface area contributed by atoms with Crippen LogP contribution in [0.25, 0.3) is 5.76 Å². The lowest BCUT2D eigenvalue weighted by Crippen LogP contribution is -2.65. The monoisotopic (exact) mass is 556 g/mol. The molecule has 12 nitrogen and oxygen atoms in total. The van der Waals surface area contributed by atoms with Crippen molar-refractivity contribution in [2.45, 2.75) is 50.7 Å². The number of aliphatic hydroxyl groups excluding tert-OH is 2. The second-order valence-corrected chi connectivity index (χ2v) is 10.9. The van der Waals surface area contributed by atoms with Gasteiger partial charge in [-0.2, -0.15) is 0 Å². The number of carbonyl (C=O) groups excluding carboxylic acids is 4. The molecule has 2 amide bonds. The molecule has 8 N–H and O–H groups in total. The molecule has 12 heteroatoms. The number of Topliss-reactive ketones (excluding diaryl/α,β-unsaturated/α-hetero) is 2. The van der Waals surface area contributed by atoms with Crippen molar-refractivity contribution in [1.29, 1.82) is 0 Å². The summed E-state index contributed by atoms with van der Waals surface area (Å²) in [6.45, 7) is 2.76. The molecule has 4 rings (SSSR count). The summed E-state index contributed by atoms with van der Waals surface area (Å²) in [5.74, 6) is -7.58. The Balaban J connectivity index is 1.72. The van der Waals surface area contributed by atoms with E-state index in [-0.39, 0.29) is 36.2 Å². The molecule has 0 heterocycles. The minimum Gasteiger partial charge on any atom is -0.508 e. The van der Waals surface area contributed by atoms with Gasteiger partial charge in [0, 0.05) is 11.5 Å². The SMILES string of the molecule is CCCCCNCC(=O)Nc1ccc2c(c1O)C(O)=C1C(=O)C3(O)C(O)=C(C(N)=O)C(=O)[C@@H](N(C)C)C3CC1C2. The highest BCUT2D eigenvalue weighted by Crippen LogP contribution is 2.53. The Kier molecular flexibility index (Phi) is 8.06. The summed E-state index contributed by atoms with van der Waals surface area (Å²) in [5.41, 5.74) is 1.97. The average Bonchev–Trinajstić information content (AvgIpc) is 2.87. The number of carbonyl (C=O) groups is 4. The summed E-state index contributed by atoms with van der Waals surface area (Å²) in [7, 11) is 3.09. The van der Waals surface area contributed by atoms with Gasteiger partial charge < -0.3 is 36.8 Å². The number of unbranched alkanes of at least 4 members (excludes halogenated alkanes) is 2. The molecule has 0 saturated heterocycles. The zero-order valence-electron chi connectivity index (χ0n) is 22.8. The first kappa shape index (κ1) is 29.2. The molecule has 216 valence electrons. The molecule has 40 heavy (non-hydrogen) atoms. The Morgan fingerprint density at radius 3 is 2.48 bits per heavy atom. The predicted molar refractivity (Wildman–Crippen MR) is 145 cm³/mol. The third-order valence-electron chi connectivity index (χ3n) is 8.11. The first-order valence-corrected chi connectivity index (χ1v) is 13.4. The van der Waals surface area contributed by atoms with Gasteiger partial charge in [0.2, 0.25) is 11.7 Å². The van der Waals surface area contributed by atoms with Crippen LogP contribution in [0, 0.1) is 11.8 Å². The quantitative estimate of drug-likeness (QED) is 0.129. The van der Waals surface area contributed by atoms with E-state index in [1.54, 1.807) is 20.2 Å². The molecule has 0 spiro atoms. The van der Waals surface area contributed by atoms with Crippen molar-refractivity contribution in [3.63, 3.8) is 0 Å². The molecule has 3 aliphatic carbocycles. The summed E-state index contributed by atoms with van der Waals surface area (Å²) in [6.07, 6.45) is 3.19. The molecule has 1 fully saturated rings. The maximum Gasteiger partial charge on any atom is 0.255 e. The maximum atomic E-state index is 13.9. The van der Waals surface area contributed by atoms with Gasteiger partial charge in [0.05, 0.1) is 23.8 Å². The lowest BCUT2D eigenvalue weighted by atomic mass is 9.57. The van der Waals surface area contributed by atoms with Gasteiger partial charge in [-0.25, -0.2) is 0 Å². The number of aromatic hydroxyl groups is 1. The number of aliphatic hydroxyl groups is 3. The van der Waals surface area contributed by atoms with Gasteiger partial charge in [0.15, 0.2) is 11.4 Å². The van der Waals surface area contributed by atoms with Crippen LogP contribution in [-0.4, -0.2) is 87.5 Å². The van der Waals surface area contributed by atoms with Gasteiger partial charge in [-0.05, 0) is 57.5 Å². The number of ketones is 2. The van der Waals surface area contributed by atoms with E-state index in [9.17, 15) is 39.6 Å². The highest BCUT2D eigenvalue weighted by molar-refractivity contribution is 6.24. The number of amides is 2. The molecule has 0 bridgehead atoms. The first-order chi connectivity index (χ1) is 18.9. The summed E-state index contributed by atoms with van der Waals surface area (Å²) in [5, 5.41) is 50.4. The molecule has 3 aliphatic rings. The highest BCUT2D eigenvalue weighted by atomic mass is 16.3. The van der Waals surface area contributed by atoms with Crippen LogP contribution < -0.4 is 16.4 Å². The number of fused-ring (bicyclic) bond motifs is 3. The molecular weight excluding hydrogens is 520 g/mol. The van der Waals surface area contributed by atoms with E-state index >= 15 is 0 Å². The smallest absolute Gasteiger partial charge is 0.255 e. The van der Waals surface area contributed by atoms with Crippen LogP contribution >= 0.6 is 0 Å². The van der Waals surface area contributed by atoms with Crippen molar-refractivity contribution in [3.05, 3.63) is 40.2 Å². The Hall–Kier alpha value is -3.74. The van der Waals surface area contributed by atoms with Crippen LogP contribution in [0.3, 0.4) is 0 Å². The van der Waals surface area contributed by atoms with E-state index in [0.717, 1.165) is 19.3 Å². The second-order valence-electron chi connectivity index (χ2n) is 10.9. The second kappa shape index (κ2) is 11.0. The van der Waals surface area contributed by atoms with Crippen molar-refractivity contribution < 1.29 is 39.6 Å². The van der Waals surface area contributed by atoms with E-state index in [1.807, 2.05) is 0 Å². The third kappa shape index (κ3) is 4.65.